The van der Waals surface area contributed by atoms with Crippen molar-refractivity contribution in [3.05, 3.63) is 33.3 Å². The molecule has 0 spiro atoms. The molecule has 98 valence electrons. The van der Waals surface area contributed by atoms with Gasteiger partial charge in [0.05, 0.1) is 28.4 Å². The molecule has 0 unspecified atom stereocenters. The van der Waals surface area contributed by atoms with Crippen molar-refractivity contribution in [3.8, 4) is 0 Å². The maximum Gasteiger partial charge on any atom is 0.339 e. The van der Waals surface area contributed by atoms with Crippen molar-refractivity contribution in [1.29, 1.82) is 0 Å². The molecule has 0 atom stereocenters. The molecule has 0 radical (unpaired) electrons. The van der Waals surface area contributed by atoms with Crippen LogP contribution in [0.2, 0.25) is 10.0 Å². The zero-order valence-corrected chi connectivity index (χ0v) is 11.8. The first-order chi connectivity index (χ1) is 8.52. The molecular weight excluding hydrogens is 277 g/mol. The zero-order chi connectivity index (χ0) is 13.7. The summed E-state index contributed by atoms with van der Waals surface area (Å²) in [5.74, 6) is -0.526. The summed E-state index contributed by atoms with van der Waals surface area (Å²) in [6.07, 6.45) is 0. The van der Waals surface area contributed by atoms with Crippen molar-refractivity contribution in [2.24, 2.45) is 5.16 Å². The van der Waals surface area contributed by atoms with Crippen LogP contribution in [0.25, 0.3) is 0 Å². The molecule has 0 bridgehead atoms. The van der Waals surface area contributed by atoms with Gasteiger partial charge in [0, 0.05) is 5.56 Å². The van der Waals surface area contributed by atoms with Crippen molar-refractivity contribution in [2.75, 3.05) is 13.7 Å². The molecule has 0 heterocycles. The summed E-state index contributed by atoms with van der Waals surface area (Å²) in [6, 6.07) is 3.08. The average Bonchev–Trinajstić information content (AvgIpc) is 2.35. The summed E-state index contributed by atoms with van der Waals surface area (Å²) in [4.78, 5) is 16.5. The molecule has 0 saturated heterocycles. The molecule has 1 aromatic rings. The molecular formula is C12H13Cl2NO3. The summed E-state index contributed by atoms with van der Waals surface area (Å²) in [5.41, 5.74) is 1.21. The fourth-order valence-electron chi connectivity index (χ4n) is 1.36. The third kappa shape index (κ3) is 3.15. The maximum atomic E-state index is 11.5. The molecule has 6 heteroatoms. The molecule has 1 rings (SSSR count). The molecule has 0 aliphatic heterocycles. The Morgan fingerprint density at radius 3 is 2.61 bits per heavy atom. The predicted octanol–water partition coefficient (Wildman–Crippen LogP) is 3.54. The Hall–Kier alpha value is -1.26. The highest BCUT2D eigenvalue weighted by atomic mass is 35.5. The van der Waals surface area contributed by atoms with Gasteiger partial charge in [-0.25, -0.2) is 4.79 Å². The van der Waals surface area contributed by atoms with Gasteiger partial charge in [-0.15, -0.1) is 0 Å². The molecule has 0 N–H and O–H groups in total. The second-order valence-corrected chi connectivity index (χ2v) is 4.16. The van der Waals surface area contributed by atoms with Gasteiger partial charge >= 0.3 is 5.97 Å². The monoisotopic (exact) mass is 289 g/mol. The Labute approximate surface area is 115 Å². The van der Waals surface area contributed by atoms with Crippen molar-refractivity contribution >= 4 is 34.9 Å². The Morgan fingerprint density at radius 2 is 2.06 bits per heavy atom. The first-order valence-electron chi connectivity index (χ1n) is 5.26. The number of hydrogen-bond acceptors (Lipinski definition) is 4. The third-order valence-corrected chi connectivity index (χ3v) is 2.90. The van der Waals surface area contributed by atoms with Gasteiger partial charge in [-0.3, -0.25) is 0 Å². The lowest BCUT2D eigenvalue weighted by molar-refractivity contribution is 0.0601. The Bertz CT molecular complexity index is 486. The van der Waals surface area contributed by atoms with E-state index in [1.54, 1.807) is 13.0 Å². The van der Waals surface area contributed by atoms with E-state index in [1.165, 1.54) is 13.2 Å². The van der Waals surface area contributed by atoms with E-state index in [0.717, 1.165) is 0 Å². The predicted molar refractivity (Wildman–Crippen MR) is 71.6 cm³/mol. The van der Waals surface area contributed by atoms with E-state index in [2.05, 4.69) is 9.89 Å². The summed E-state index contributed by atoms with van der Waals surface area (Å²) >= 11 is 12.2. The van der Waals surface area contributed by atoms with E-state index in [0.29, 0.717) is 22.9 Å². The van der Waals surface area contributed by atoms with Gasteiger partial charge in [0.25, 0.3) is 0 Å². The summed E-state index contributed by atoms with van der Waals surface area (Å²) in [5, 5.41) is 4.46. The van der Waals surface area contributed by atoms with Crippen LogP contribution in [-0.4, -0.2) is 25.4 Å². The fourth-order valence-corrected chi connectivity index (χ4v) is 2.08. The third-order valence-electron chi connectivity index (χ3n) is 2.19. The smallest absolute Gasteiger partial charge is 0.339 e. The van der Waals surface area contributed by atoms with Gasteiger partial charge < -0.3 is 9.57 Å². The number of methoxy groups -OCH3 is 1. The van der Waals surface area contributed by atoms with Crippen LogP contribution in [0.4, 0.5) is 0 Å². The lowest BCUT2D eigenvalue weighted by Crippen LogP contribution is -2.07. The van der Waals surface area contributed by atoms with E-state index >= 15 is 0 Å². The number of carbonyl (C=O) groups excluding carboxylic acids is 1. The molecule has 0 amide bonds. The van der Waals surface area contributed by atoms with E-state index in [9.17, 15) is 4.79 Å². The van der Waals surface area contributed by atoms with Crippen LogP contribution in [0.1, 0.15) is 29.8 Å². The normalized spacial score (nSPS) is 11.3. The number of oxime groups is 1. The standard InChI is InChI=1S/C12H13Cl2NO3/c1-4-18-15-7(2)10-9(13)6-5-8(11(10)14)12(16)17-3/h5-6H,4H2,1-3H3. The number of carbonyl (C=O) groups is 1. The number of halogens is 2. The first kappa shape index (κ1) is 14.8. The van der Waals surface area contributed by atoms with Crippen LogP contribution in [-0.2, 0) is 9.57 Å². The van der Waals surface area contributed by atoms with Gasteiger partial charge in [0.15, 0.2) is 0 Å². The molecule has 0 aliphatic rings. The number of esters is 1. The first-order valence-corrected chi connectivity index (χ1v) is 6.01. The minimum Gasteiger partial charge on any atom is -0.465 e. The fraction of sp³-hybridized carbons (Fsp3) is 0.333. The number of nitrogens with zero attached hydrogens (tertiary/aromatic N) is 1. The molecule has 0 fully saturated rings. The molecule has 0 aromatic heterocycles. The van der Waals surface area contributed by atoms with E-state index in [4.69, 9.17) is 28.0 Å². The average molecular weight is 290 g/mol. The molecule has 0 saturated carbocycles. The van der Waals surface area contributed by atoms with Crippen molar-refractivity contribution in [1.82, 2.24) is 0 Å². The quantitative estimate of drug-likeness (QED) is 0.484. The number of hydrogen-bond donors (Lipinski definition) is 0. The van der Waals surface area contributed by atoms with Crippen molar-refractivity contribution in [2.45, 2.75) is 13.8 Å². The highest BCUT2D eigenvalue weighted by Crippen LogP contribution is 2.29. The van der Waals surface area contributed by atoms with Crippen LogP contribution in [0.3, 0.4) is 0 Å². The van der Waals surface area contributed by atoms with Crippen molar-refractivity contribution in [3.63, 3.8) is 0 Å². The molecule has 0 aliphatic carbocycles. The SMILES string of the molecule is CCON=C(C)c1c(Cl)ccc(C(=O)OC)c1Cl. The van der Waals surface area contributed by atoms with Crippen molar-refractivity contribution < 1.29 is 14.4 Å². The van der Waals surface area contributed by atoms with Crippen LogP contribution in [0.15, 0.2) is 17.3 Å². The topological polar surface area (TPSA) is 47.9 Å². The summed E-state index contributed by atoms with van der Waals surface area (Å²) < 4.78 is 4.64. The van der Waals surface area contributed by atoms with Gasteiger partial charge in [0.1, 0.15) is 6.61 Å². The van der Waals surface area contributed by atoms with E-state index in [-0.39, 0.29) is 10.6 Å². The largest absolute Gasteiger partial charge is 0.465 e. The second kappa shape index (κ2) is 6.61. The van der Waals surface area contributed by atoms with Gasteiger partial charge in [0.2, 0.25) is 0 Å². The van der Waals surface area contributed by atoms with E-state index in [1.807, 2.05) is 6.92 Å². The number of rotatable bonds is 4. The second-order valence-electron chi connectivity index (χ2n) is 3.37. The Morgan fingerprint density at radius 1 is 1.39 bits per heavy atom. The number of benzene rings is 1. The van der Waals surface area contributed by atoms with Gasteiger partial charge in [-0.05, 0) is 26.0 Å². The summed E-state index contributed by atoms with van der Waals surface area (Å²) in [7, 11) is 1.29. The Balaban J connectivity index is 3.30. The lowest BCUT2D eigenvalue weighted by Gasteiger charge is -2.10. The van der Waals surface area contributed by atoms with Crippen LogP contribution in [0, 0.1) is 0 Å². The van der Waals surface area contributed by atoms with Gasteiger partial charge in [-0.2, -0.15) is 0 Å². The minimum atomic E-state index is -0.526. The highest BCUT2D eigenvalue weighted by molar-refractivity contribution is 6.41. The zero-order valence-electron chi connectivity index (χ0n) is 10.3. The summed E-state index contributed by atoms with van der Waals surface area (Å²) in [6.45, 7) is 3.94. The van der Waals surface area contributed by atoms with Crippen LogP contribution in [0.5, 0.6) is 0 Å². The highest BCUT2D eigenvalue weighted by Gasteiger charge is 2.18. The molecule has 18 heavy (non-hydrogen) atoms. The minimum absolute atomic E-state index is 0.204. The van der Waals surface area contributed by atoms with Gasteiger partial charge in [-0.1, -0.05) is 28.4 Å². The van der Waals surface area contributed by atoms with Crippen LogP contribution >= 0.6 is 23.2 Å². The van der Waals surface area contributed by atoms with E-state index < -0.39 is 5.97 Å². The maximum absolute atomic E-state index is 11.5. The molecule has 4 nitrogen and oxygen atoms in total. The Kier molecular flexibility index (Phi) is 5.44. The number of ether oxygens (including phenoxy) is 1. The lowest BCUT2D eigenvalue weighted by atomic mass is 10.1. The van der Waals surface area contributed by atoms with Crippen LogP contribution < -0.4 is 0 Å². The molecule has 1 aromatic carbocycles.